The highest BCUT2D eigenvalue weighted by molar-refractivity contribution is 7.86. The van der Waals surface area contributed by atoms with Gasteiger partial charge >= 0.3 is 0 Å². The summed E-state index contributed by atoms with van der Waals surface area (Å²) >= 11 is 0. The van der Waals surface area contributed by atoms with E-state index in [4.69, 9.17) is 5.14 Å². The third-order valence-corrected chi connectivity index (χ3v) is 2.53. The molecule has 0 unspecified atom stereocenters. The molecule has 0 aliphatic heterocycles. The first-order valence-electron chi connectivity index (χ1n) is 4.30. The van der Waals surface area contributed by atoms with Gasteiger partial charge in [0.25, 0.3) is 16.6 Å². The van der Waals surface area contributed by atoms with E-state index in [1.807, 2.05) is 5.32 Å². The van der Waals surface area contributed by atoms with Crippen LogP contribution in [-0.4, -0.2) is 45.3 Å². The maximum Gasteiger partial charge on any atom is 0.289 e. The molecule has 96 valence electrons. The van der Waals surface area contributed by atoms with E-state index < -0.39 is 29.1 Å². The van der Waals surface area contributed by atoms with Crippen LogP contribution in [0, 0.1) is 0 Å². The van der Waals surface area contributed by atoms with Crippen LogP contribution in [0.4, 0.5) is 8.78 Å². The van der Waals surface area contributed by atoms with Crippen LogP contribution in [0.3, 0.4) is 0 Å². The normalized spacial score (nSPS) is 12.1. The minimum atomic E-state index is -3.95. The second-order valence-corrected chi connectivity index (χ2v) is 4.26. The maximum atomic E-state index is 11.7. The number of carbonyl (C=O) groups excluding carboxylic acids is 1. The van der Waals surface area contributed by atoms with Crippen molar-refractivity contribution in [3.63, 3.8) is 0 Å². The van der Waals surface area contributed by atoms with Crippen LogP contribution in [0.5, 0.6) is 0 Å². The lowest BCUT2D eigenvalue weighted by molar-refractivity contribution is -0.121. The first-order valence-corrected chi connectivity index (χ1v) is 5.80. The molecule has 0 rings (SSSR count). The fraction of sp³-hybridized carbons (Fsp3) is 0.833. The van der Waals surface area contributed by atoms with Crippen molar-refractivity contribution in [1.29, 1.82) is 0 Å². The smallest absolute Gasteiger partial charge is 0.289 e. The van der Waals surface area contributed by atoms with E-state index in [0.717, 1.165) is 0 Å². The third-order valence-electron chi connectivity index (χ3n) is 1.55. The number of nitrogens with one attached hydrogen (secondary N) is 2. The zero-order valence-electron chi connectivity index (χ0n) is 8.61. The third kappa shape index (κ3) is 6.61. The standard InChI is InChI=1S/C6H14F2N4O3S/c1-10-12(16(9,14)15)3-2-6(13)11-4-5(7)8/h5,10H,2-4H2,1H3,(H,11,13)(H2,9,14,15). The van der Waals surface area contributed by atoms with Crippen LogP contribution in [0.15, 0.2) is 0 Å². The van der Waals surface area contributed by atoms with E-state index in [9.17, 15) is 22.0 Å². The Morgan fingerprint density at radius 2 is 2.06 bits per heavy atom. The lowest BCUT2D eigenvalue weighted by Crippen LogP contribution is -2.46. The van der Waals surface area contributed by atoms with Crippen molar-refractivity contribution in [3.8, 4) is 0 Å². The van der Waals surface area contributed by atoms with Crippen LogP contribution in [-0.2, 0) is 15.0 Å². The van der Waals surface area contributed by atoms with Gasteiger partial charge in [0.15, 0.2) is 0 Å². The number of halogens is 2. The molecular formula is C6H14F2N4O3S. The summed E-state index contributed by atoms with van der Waals surface area (Å²) in [7, 11) is -2.64. The summed E-state index contributed by atoms with van der Waals surface area (Å²) in [6, 6.07) is 0. The Morgan fingerprint density at radius 1 is 1.50 bits per heavy atom. The quantitative estimate of drug-likeness (QED) is 0.479. The maximum absolute atomic E-state index is 11.7. The van der Waals surface area contributed by atoms with E-state index >= 15 is 0 Å². The van der Waals surface area contributed by atoms with Crippen LogP contribution in [0.2, 0.25) is 0 Å². The number of alkyl halides is 2. The minimum Gasteiger partial charge on any atom is -0.350 e. The molecule has 0 radical (unpaired) electrons. The molecule has 0 saturated carbocycles. The zero-order valence-corrected chi connectivity index (χ0v) is 9.43. The summed E-state index contributed by atoms with van der Waals surface area (Å²) in [5.74, 6) is -0.677. The molecule has 0 atom stereocenters. The fourth-order valence-corrected chi connectivity index (χ4v) is 1.45. The van der Waals surface area contributed by atoms with Gasteiger partial charge in [-0.05, 0) is 7.05 Å². The highest BCUT2D eigenvalue weighted by atomic mass is 32.2. The summed E-state index contributed by atoms with van der Waals surface area (Å²) < 4.78 is 45.7. The second kappa shape index (κ2) is 6.68. The Labute approximate surface area is 92.1 Å². The molecule has 0 heterocycles. The molecule has 0 fully saturated rings. The number of nitrogens with two attached hydrogens (primary N) is 1. The van der Waals surface area contributed by atoms with Gasteiger partial charge in [-0.1, -0.05) is 0 Å². The van der Waals surface area contributed by atoms with E-state index in [-0.39, 0.29) is 13.0 Å². The molecule has 10 heteroatoms. The zero-order chi connectivity index (χ0) is 12.8. The van der Waals surface area contributed by atoms with Crippen molar-refractivity contribution < 1.29 is 22.0 Å². The minimum absolute atomic E-state index is 0.232. The van der Waals surface area contributed by atoms with E-state index in [1.165, 1.54) is 7.05 Å². The molecule has 0 spiro atoms. The van der Waals surface area contributed by atoms with Crippen molar-refractivity contribution in [1.82, 2.24) is 15.2 Å². The van der Waals surface area contributed by atoms with Crippen molar-refractivity contribution in [3.05, 3.63) is 0 Å². The average molecular weight is 260 g/mol. The fourth-order valence-electron chi connectivity index (χ4n) is 0.849. The molecule has 7 nitrogen and oxygen atoms in total. The molecule has 1 amide bonds. The van der Waals surface area contributed by atoms with Gasteiger partial charge in [0.1, 0.15) is 0 Å². The number of hydrogen-bond donors (Lipinski definition) is 3. The predicted octanol–water partition coefficient (Wildman–Crippen LogP) is -1.60. The monoisotopic (exact) mass is 260 g/mol. The van der Waals surface area contributed by atoms with Gasteiger partial charge < -0.3 is 5.32 Å². The topological polar surface area (TPSA) is 105 Å². The summed E-state index contributed by atoms with van der Waals surface area (Å²) in [6.07, 6.45) is -2.90. The van der Waals surface area contributed by atoms with Crippen molar-refractivity contribution >= 4 is 16.1 Å². The molecular weight excluding hydrogens is 246 g/mol. The first kappa shape index (κ1) is 15.2. The lowest BCUT2D eigenvalue weighted by atomic mass is 10.4. The number of nitrogens with zero attached hydrogens (tertiary/aromatic N) is 1. The molecule has 0 saturated heterocycles. The predicted molar refractivity (Wildman–Crippen MR) is 52.5 cm³/mol. The van der Waals surface area contributed by atoms with Gasteiger partial charge in [0.2, 0.25) is 5.91 Å². The van der Waals surface area contributed by atoms with Gasteiger partial charge in [-0.3, -0.25) is 4.79 Å². The molecule has 0 aromatic carbocycles. The Hall–Kier alpha value is -0.840. The Bertz CT molecular complexity index is 322. The van der Waals surface area contributed by atoms with Crippen molar-refractivity contribution in [2.24, 2.45) is 5.14 Å². The van der Waals surface area contributed by atoms with E-state index in [2.05, 4.69) is 5.43 Å². The van der Waals surface area contributed by atoms with E-state index in [1.54, 1.807) is 0 Å². The lowest BCUT2D eigenvalue weighted by Gasteiger charge is -2.17. The summed E-state index contributed by atoms with van der Waals surface area (Å²) in [5.41, 5.74) is 2.25. The second-order valence-electron chi connectivity index (χ2n) is 2.79. The Balaban J connectivity index is 3.99. The molecule has 0 aliphatic carbocycles. The van der Waals surface area contributed by atoms with Gasteiger partial charge in [0, 0.05) is 13.0 Å². The number of amides is 1. The first-order chi connectivity index (χ1) is 7.27. The molecule has 0 aromatic rings. The number of hydrogen-bond acceptors (Lipinski definition) is 4. The largest absolute Gasteiger partial charge is 0.350 e. The van der Waals surface area contributed by atoms with Crippen LogP contribution in [0.25, 0.3) is 0 Å². The van der Waals surface area contributed by atoms with Gasteiger partial charge in [-0.15, -0.1) is 4.41 Å². The van der Waals surface area contributed by atoms with E-state index in [0.29, 0.717) is 4.41 Å². The molecule has 0 aromatic heterocycles. The number of hydrazine groups is 1. The summed E-state index contributed by atoms with van der Waals surface area (Å²) in [4.78, 5) is 11.0. The highest BCUT2D eigenvalue weighted by Crippen LogP contribution is 1.93. The molecule has 0 aliphatic rings. The summed E-state index contributed by atoms with van der Waals surface area (Å²) in [5, 5.41) is 6.72. The highest BCUT2D eigenvalue weighted by Gasteiger charge is 2.16. The number of rotatable bonds is 7. The van der Waals surface area contributed by atoms with Crippen LogP contribution < -0.4 is 15.9 Å². The molecule has 16 heavy (non-hydrogen) atoms. The van der Waals surface area contributed by atoms with Gasteiger partial charge in [0.05, 0.1) is 6.54 Å². The van der Waals surface area contributed by atoms with Crippen LogP contribution in [0.1, 0.15) is 6.42 Å². The van der Waals surface area contributed by atoms with Crippen molar-refractivity contribution in [2.45, 2.75) is 12.8 Å². The van der Waals surface area contributed by atoms with Crippen LogP contribution >= 0.6 is 0 Å². The molecule has 4 N–H and O–H groups in total. The Kier molecular flexibility index (Phi) is 6.33. The average Bonchev–Trinajstić information content (AvgIpc) is 2.13. The Morgan fingerprint density at radius 3 is 2.44 bits per heavy atom. The molecule has 0 bridgehead atoms. The SMILES string of the molecule is CNN(CCC(=O)NCC(F)F)S(N)(=O)=O. The van der Waals surface area contributed by atoms with Gasteiger partial charge in [-0.25, -0.2) is 19.3 Å². The van der Waals surface area contributed by atoms with Gasteiger partial charge in [-0.2, -0.15) is 8.42 Å². The summed E-state index contributed by atoms with van der Waals surface area (Å²) in [6.45, 7) is -0.988. The van der Waals surface area contributed by atoms with Crippen molar-refractivity contribution in [2.75, 3.05) is 20.1 Å². The number of carbonyl (C=O) groups is 1.